The van der Waals surface area contributed by atoms with Gasteiger partial charge in [0.15, 0.2) is 0 Å². The van der Waals surface area contributed by atoms with Gasteiger partial charge >= 0.3 is 5.97 Å². The van der Waals surface area contributed by atoms with Gasteiger partial charge in [0.1, 0.15) is 11.4 Å². The number of fused-ring (bicyclic) bond motifs is 2. The zero-order valence-electron chi connectivity index (χ0n) is 25.0. The van der Waals surface area contributed by atoms with Gasteiger partial charge < -0.3 is 14.4 Å². The van der Waals surface area contributed by atoms with Crippen LogP contribution in [0.2, 0.25) is 10.0 Å². The molecule has 2 aromatic heterocycles. The van der Waals surface area contributed by atoms with Crippen LogP contribution in [0, 0.1) is 13.8 Å². The Hall–Kier alpha value is -3.05. The molecule has 0 amide bonds. The number of hydrogen-bond acceptors (Lipinski definition) is 5. The smallest absolute Gasteiger partial charge is 0.352 e. The van der Waals surface area contributed by atoms with Crippen LogP contribution in [0.5, 0.6) is 5.75 Å². The highest BCUT2D eigenvalue weighted by molar-refractivity contribution is 7.89. The average Bonchev–Trinajstić information content (AvgIpc) is 3.42. The minimum Gasteiger partial charge on any atom is -0.494 e. The number of halogens is 2. The van der Waals surface area contributed by atoms with E-state index >= 15 is 0 Å². The van der Waals surface area contributed by atoms with E-state index in [0.29, 0.717) is 64.0 Å². The summed E-state index contributed by atoms with van der Waals surface area (Å²) < 4.78 is 37.2. The maximum Gasteiger partial charge on any atom is 0.352 e. The highest BCUT2D eigenvalue weighted by atomic mass is 35.5. The first-order chi connectivity index (χ1) is 20.4. The molecule has 0 spiro atoms. The van der Waals surface area contributed by atoms with Crippen LogP contribution < -0.4 is 4.74 Å². The third kappa shape index (κ3) is 5.78. The van der Waals surface area contributed by atoms with Crippen molar-refractivity contribution in [2.45, 2.75) is 59.5 Å². The predicted octanol–water partition coefficient (Wildman–Crippen LogP) is 6.40. The second kappa shape index (κ2) is 12.1. The number of aromatic carboxylic acids is 1. The molecule has 0 aliphatic carbocycles. The van der Waals surface area contributed by atoms with Gasteiger partial charge in [0, 0.05) is 47.9 Å². The molecule has 0 fully saturated rings. The molecule has 12 heteroatoms. The van der Waals surface area contributed by atoms with Gasteiger partial charge in [-0.05, 0) is 74.4 Å². The average molecular weight is 648 g/mol. The Kier molecular flexibility index (Phi) is 8.87. The van der Waals surface area contributed by atoms with Crippen LogP contribution in [0.25, 0.3) is 22.0 Å². The number of nitrogens with zero attached hydrogens (tertiary/aromatic N) is 4. The number of carboxylic acids is 1. The van der Waals surface area contributed by atoms with E-state index in [4.69, 9.17) is 33.0 Å². The fourth-order valence-electron chi connectivity index (χ4n) is 6.17. The van der Waals surface area contributed by atoms with Crippen LogP contribution >= 0.6 is 23.2 Å². The summed E-state index contributed by atoms with van der Waals surface area (Å²) in [5.41, 5.74) is 6.28. The van der Waals surface area contributed by atoms with Crippen LogP contribution in [-0.4, -0.2) is 57.6 Å². The number of benzene rings is 2. The summed E-state index contributed by atoms with van der Waals surface area (Å²) in [5.74, 6) is -0.481. The van der Waals surface area contributed by atoms with Crippen molar-refractivity contribution in [1.82, 2.24) is 18.7 Å². The number of rotatable bonds is 7. The quantitative estimate of drug-likeness (QED) is 0.233. The highest BCUT2D eigenvalue weighted by Gasteiger charge is 2.31. The Labute approximate surface area is 262 Å². The Balaban J connectivity index is 1.65. The van der Waals surface area contributed by atoms with Crippen molar-refractivity contribution >= 4 is 50.1 Å². The van der Waals surface area contributed by atoms with E-state index in [-0.39, 0.29) is 31.0 Å². The van der Waals surface area contributed by atoms with E-state index in [0.717, 1.165) is 27.8 Å². The predicted molar refractivity (Wildman–Crippen MR) is 170 cm³/mol. The number of sulfonamides is 1. The topological polar surface area (TPSA) is 107 Å². The van der Waals surface area contributed by atoms with Crippen LogP contribution in [0.1, 0.15) is 58.3 Å². The van der Waals surface area contributed by atoms with Crippen molar-refractivity contribution in [2.24, 2.45) is 7.05 Å². The lowest BCUT2D eigenvalue weighted by Gasteiger charge is -2.16. The maximum atomic E-state index is 13.2. The first kappa shape index (κ1) is 31.4. The van der Waals surface area contributed by atoms with Crippen LogP contribution in [-0.2, 0) is 43.0 Å². The minimum absolute atomic E-state index is 0.0819. The van der Waals surface area contributed by atoms with Crippen molar-refractivity contribution in [1.29, 1.82) is 0 Å². The summed E-state index contributed by atoms with van der Waals surface area (Å²) in [5, 5.41) is 17.2. The summed E-state index contributed by atoms with van der Waals surface area (Å²) in [6.07, 6.45) is 1.88. The van der Waals surface area contributed by atoms with Gasteiger partial charge in [-0.15, -0.1) is 0 Å². The molecule has 4 aromatic rings. The zero-order valence-corrected chi connectivity index (χ0v) is 27.3. The molecule has 0 radical (unpaired) electrons. The monoisotopic (exact) mass is 646 g/mol. The van der Waals surface area contributed by atoms with Crippen LogP contribution in [0.15, 0.2) is 24.3 Å². The third-order valence-corrected chi connectivity index (χ3v) is 11.0. The van der Waals surface area contributed by atoms with E-state index in [1.165, 1.54) is 4.31 Å². The number of aryl methyl sites for hydroxylation is 5. The molecule has 0 atom stereocenters. The summed E-state index contributed by atoms with van der Waals surface area (Å²) in [7, 11) is -0.229. The van der Waals surface area contributed by atoms with Gasteiger partial charge in [0.25, 0.3) is 0 Å². The molecule has 1 aliphatic heterocycles. The van der Waals surface area contributed by atoms with E-state index in [2.05, 4.69) is 0 Å². The van der Waals surface area contributed by atoms with Crippen LogP contribution in [0.4, 0.5) is 0 Å². The Morgan fingerprint density at radius 1 is 1.12 bits per heavy atom. The third-order valence-electron chi connectivity index (χ3n) is 8.18. The number of carboxylic acid groups (broad SMARTS) is 1. The summed E-state index contributed by atoms with van der Waals surface area (Å²) >= 11 is 13.2. The van der Waals surface area contributed by atoms with E-state index in [9.17, 15) is 18.3 Å². The molecule has 2 aromatic carbocycles. The van der Waals surface area contributed by atoms with Gasteiger partial charge in [-0.25, -0.2) is 13.2 Å². The van der Waals surface area contributed by atoms with Crippen LogP contribution in [0.3, 0.4) is 0 Å². The largest absolute Gasteiger partial charge is 0.494 e. The first-order valence-corrected chi connectivity index (χ1v) is 16.7. The van der Waals surface area contributed by atoms with Crippen molar-refractivity contribution in [3.8, 4) is 16.9 Å². The lowest BCUT2D eigenvalue weighted by atomic mass is 9.97. The van der Waals surface area contributed by atoms with E-state index < -0.39 is 16.0 Å². The number of hydrogen-bond donors (Lipinski definition) is 1. The molecule has 5 rings (SSSR count). The molecule has 0 bridgehead atoms. The highest BCUT2D eigenvalue weighted by Crippen LogP contribution is 2.43. The normalized spacial score (nSPS) is 15.3. The fraction of sp³-hybridized carbons (Fsp3) is 0.419. The Morgan fingerprint density at radius 3 is 2.47 bits per heavy atom. The van der Waals surface area contributed by atoms with Crippen molar-refractivity contribution in [3.63, 3.8) is 0 Å². The van der Waals surface area contributed by atoms with Gasteiger partial charge in [-0.2, -0.15) is 9.40 Å². The lowest BCUT2D eigenvalue weighted by molar-refractivity contribution is 0.0684. The van der Waals surface area contributed by atoms with Gasteiger partial charge in [-0.3, -0.25) is 4.68 Å². The molecule has 3 heterocycles. The molecular weight excluding hydrogens is 611 g/mol. The zero-order chi connectivity index (χ0) is 31.2. The van der Waals surface area contributed by atoms with Gasteiger partial charge in [-0.1, -0.05) is 36.2 Å². The molecular formula is C31H36Cl2N4O5S. The molecule has 43 heavy (non-hydrogen) atoms. The Bertz CT molecular complexity index is 1820. The van der Waals surface area contributed by atoms with E-state index in [1.807, 2.05) is 46.0 Å². The maximum absolute atomic E-state index is 13.2. The minimum atomic E-state index is -3.61. The SMILES string of the molecule is CCc1c2c(nn1C)CN(C)S(=O)(=O)CCCn1c(C(=O)O)c(CCCOc3cc(C)c(Cl)c(C)c3)c3ccc(Cl)c-2c31. The lowest BCUT2D eigenvalue weighted by Crippen LogP contribution is -2.29. The van der Waals surface area contributed by atoms with Gasteiger partial charge in [0.05, 0.1) is 35.1 Å². The fourth-order valence-corrected chi connectivity index (χ4v) is 7.66. The molecule has 9 nitrogen and oxygen atoms in total. The number of ether oxygens (including phenoxy) is 1. The number of carbonyl (C=O) groups is 1. The standard InChI is InChI=1S/C31H36Cl2N4O5S/c1-6-25-27-24(34-36(25)5)17-35(4)43(40,41)14-8-12-37-29-22(10-11-23(32)26(27)29)21(30(37)31(38)39)9-7-13-42-20-15-18(2)28(33)19(3)16-20/h10-11,15-16H,6-9,12-14,17H2,1-5H3,(H,38,39). The molecule has 1 N–H and O–H groups in total. The second-order valence-corrected chi connectivity index (χ2v) is 14.1. The molecule has 0 saturated heterocycles. The summed E-state index contributed by atoms with van der Waals surface area (Å²) in [6, 6.07) is 7.45. The van der Waals surface area contributed by atoms with E-state index in [1.54, 1.807) is 22.4 Å². The molecule has 0 saturated carbocycles. The second-order valence-electron chi connectivity index (χ2n) is 11.1. The van der Waals surface area contributed by atoms with Crippen molar-refractivity contribution in [2.75, 3.05) is 19.4 Å². The van der Waals surface area contributed by atoms with Crippen molar-refractivity contribution < 1.29 is 23.1 Å². The van der Waals surface area contributed by atoms with Crippen molar-refractivity contribution in [3.05, 3.63) is 68.1 Å². The van der Waals surface area contributed by atoms with Gasteiger partial charge in [0.2, 0.25) is 10.0 Å². The summed E-state index contributed by atoms with van der Waals surface area (Å²) in [6.45, 7) is 6.53. The Morgan fingerprint density at radius 2 is 1.81 bits per heavy atom. The molecule has 230 valence electrons. The molecule has 0 unspecified atom stereocenters. The summed E-state index contributed by atoms with van der Waals surface area (Å²) in [4.78, 5) is 12.9. The molecule has 1 aliphatic rings. The first-order valence-electron chi connectivity index (χ1n) is 14.3. The number of aromatic nitrogens is 3.